The molecule has 0 bridgehead atoms. The van der Waals surface area contributed by atoms with E-state index in [0.717, 1.165) is 34.3 Å². The number of piperidine rings is 1. The molecule has 2 N–H and O–H groups in total. The van der Waals surface area contributed by atoms with Crippen LogP contribution in [0.2, 0.25) is 0 Å². The van der Waals surface area contributed by atoms with E-state index < -0.39 is 0 Å². The number of pyridine rings is 1. The molecule has 2 aromatic rings. The Morgan fingerprint density at radius 3 is 2.86 bits per heavy atom. The van der Waals surface area contributed by atoms with E-state index in [-0.39, 0.29) is 5.43 Å². The first-order valence-corrected chi connectivity index (χ1v) is 8.03. The zero-order chi connectivity index (χ0) is 15.0. The van der Waals surface area contributed by atoms with Gasteiger partial charge in [-0.05, 0) is 51.7 Å². The van der Waals surface area contributed by atoms with Crippen molar-refractivity contribution in [2.45, 2.75) is 52.6 Å². The first-order valence-electron chi connectivity index (χ1n) is 8.03. The highest BCUT2D eigenvalue weighted by atomic mass is 16.1. The molecule has 3 heteroatoms. The molecule has 3 nitrogen and oxygen atoms in total. The van der Waals surface area contributed by atoms with Crippen LogP contribution in [0.5, 0.6) is 0 Å². The molecule has 2 heterocycles. The van der Waals surface area contributed by atoms with Crippen molar-refractivity contribution in [3.8, 4) is 0 Å². The number of hydrogen-bond donors (Lipinski definition) is 2. The molecule has 1 aromatic carbocycles. The van der Waals surface area contributed by atoms with Crippen LogP contribution in [0.15, 0.2) is 23.0 Å². The van der Waals surface area contributed by atoms with Crippen molar-refractivity contribution in [1.29, 1.82) is 0 Å². The van der Waals surface area contributed by atoms with Crippen LogP contribution in [-0.4, -0.2) is 17.6 Å². The Morgan fingerprint density at radius 2 is 2.10 bits per heavy atom. The summed E-state index contributed by atoms with van der Waals surface area (Å²) in [7, 11) is 0. The van der Waals surface area contributed by atoms with Gasteiger partial charge in [0.2, 0.25) is 0 Å². The predicted octanol–water partition coefficient (Wildman–Crippen LogP) is 2.10. The summed E-state index contributed by atoms with van der Waals surface area (Å²) in [6.45, 7) is 8.44. The molecular formula is C18H25N2O+. The zero-order valence-electron chi connectivity index (χ0n) is 13.3. The van der Waals surface area contributed by atoms with E-state index in [0.29, 0.717) is 6.04 Å². The normalized spacial score (nSPS) is 22.6. The maximum Gasteiger partial charge on any atom is 0.198 e. The number of aromatic amines is 1. The average Bonchev–Trinajstić information content (AvgIpc) is 2.46. The second kappa shape index (κ2) is 5.64. The van der Waals surface area contributed by atoms with Crippen LogP contribution >= 0.6 is 0 Å². The van der Waals surface area contributed by atoms with Crippen molar-refractivity contribution in [2.24, 2.45) is 0 Å². The van der Waals surface area contributed by atoms with Crippen LogP contribution in [-0.2, 0) is 6.54 Å². The van der Waals surface area contributed by atoms with Gasteiger partial charge in [0.1, 0.15) is 6.54 Å². The lowest BCUT2D eigenvalue weighted by Crippen LogP contribution is -3.15. The van der Waals surface area contributed by atoms with Crippen LogP contribution in [0.25, 0.3) is 10.9 Å². The predicted molar refractivity (Wildman–Crippen MR) is 86.9 cm³/mol. The lowest BCUT2D eigenvalue weighted by molar-refractivity contribution is -0.942. The Hall–Kier alpha value is -1.61. The monoisotopic (exact) mass is 285 g/mol. The Labute approximate surface area is 126 Å². The maximum absolute atomic E-state index is 12.8. The summed E-state index contributed by atoms with van der Waals surface area (Å²) in [4.78, 5) is 17.9. The molecule has 0 radical (unpaired) electrons. The van der Waals surface area contributed by atoms with Gasteiger partial charge in [-0.2, -0.15) is 0 Å². The Morgan fingerprint density at radius 1 is 1.29 bits per heavy atom. The molecule has 3 rings (SSSR count). The smallest absolute Gasteiger partial charge is 0.198 e. The summed E-state index contributed by atoms with van der Waals surface area (Å²) in [5.41, 5.74) is 4.35. The molecule has 1 aromatic heterocycles. The minimum absolute atomic E-state index is 0.218. The number of quaternary nitrogens is 1. The highest BCUT2D eigenvalue weighted by molar-refractivity contribution is 5.82. The van der Waals surface area contributed by atoms with Gasteiger partial charge in [-0.1, -0.05) is 12.1 Å². The Balaban J connectivity index is 2.04. The minimum atomic E-state index is 0.218. The SMILES string of the molecule is Cc1[nH]c2c(C)cccc2c(=O)c1C[NH+]1CCCCC1C. The number of benzene rings is 1. The highest BCUT2D eigenvalue weighted by Gasteiger charge is 2.24. The van der Waals surface area contributed by atoms with Crippen LogP contribution in [0, 0.1) is 13.8 Å². The molecule has 0 aliphatic carbocycles. The molecule has 1 saturated heterocycles. The van der Waals surface area contributed by atoms with E-state index in [4.69, 9.17) is 0 Å². The fourth-order valence-electron chi connectivity index (χ4n) is 3.57. The lowest BCUT2D eigenvalue weighted by atomic mass is 10.0. The van der Waals surface area contributed by atoms with Gasteiger partial charge in [-0.25, -0.2) is 0 Å². The number of aryl methyl sites for hydroxylation is 2. The van der Waals surface area contributed by atoms with E-state index in [1.807, 2.05) is 19.1 Å². The number of para-hydroxylation sites is 1. The summed E-state index contributed by atoms with van der Waals surface area (Å²) in [6.07, 6.45) is 3.89. The maximum atomic E-state index is 12.8. The Bertz CT molecular complexity index is 717. The van der Waals surface area contributed by atoms with Crippen molar-refractivity contribution in [3.63, 3.8) is 0 Å². The fraction of sp³-hybridized carbons (Fsp3) is 0.500. The third kappa shape index (κ3) is 2.62. The molecule has 0 saturated carbocycles. The van der Waals surface area contributed by atoms with E-state index in [9.17, 15) is 4.79 Å². The molecule has 21 heavy (non-hydrogen) atoms. The lowest BCUT2D eigenvalue weighted by Gasteiger charge is -2.30. The largest absolute Gasteiger partial charge is 0.358 e. The number of H-pyrrole nitrogens is 1. The van der Waals surface area contributed by atoms with Crippen molar-refractivity contribution in [1.82, 2.24) is 4.98 Å². The number of nitrogens with one attached hydrogen (secondary N) is 2. The standard InChI is InChI=1S/C18H24N2O/c1-12-7-6-9-15-17(12)19-14(3)16(18(15)21)11-20-10-5-4-8-13(20)2/h6-7,9,13H,4-5,8,10-11H2,1-3H3,(H,19,21)/p+1. The third-order valence-electron chi connectivity index (χ3n) is 5.04. The van der Waals surface area contributed by atoms with Crippen LogP contribution < -0.4 is 10.3 Å². The quantitative estimate of drug-likeness (QED) is 0.871. The minimum Gasteiger partial charge on any atom is -0.358 e. The van der Waals surface area contributed by atoms with Gasteiger partial charge in [-0.3, -0.25) is 4.79 Å². The van der Waals surface area contributed by atoms with Gasteiger partial charge in [0.05, 0.1) is 23.7 Å². The second-order valence-electron chi connectivity index (χ2n) is 6.54. The number of fused-ring (bicyclic) bond motifs is 1. The molecule has 0 spiro atoms. The van der Waals surface area contributed by atoms with Gasteiger partial charge >= 0.3 is 0 Å². The summed E-state index contributed by atoms with van der Waals surface area (Å²) in [5.74, 6) is 0. The molecule has 2 atom stereocenters. The summed E-state index contributed by atoms with van der Waals surface area (Å²) in [6, 6.07) is 6.63. The number of aromatic nitrogens is 1. The number of hydrogen-bond acceptors (Lipinski definition) is 1. The molecule has 1 fully saturated rings. The van der Waals surface area contributed by atoms with E-state index >= 15 is 0 Å². The number of likely N-dealkylation sites (tertiary alicyclic amines) is 1. The molecule has 2 unspecified atom stereocenters. The topological polar surface area (TPSA) is 37.3 Å². The first-order chi connectivity index (χ1) is 10.1. The van der Waals surface area contributed by atoms with Crippen molar-refractivity contribution in [2.75, 3.05) is 6.54 Å². The summed E-state index contributed by atoms with van der Waals surface area (Å²) < 4.78 is 0. The van der Waals surface area contributed by atoms with Crippen molar-refractivity contribution in [3.05, 3.63) is 45.2 Å². The van der Waals surface area contributed by atoms with Crippen LogP contribution in [0.1, 0.15) is 43.0 Å². The van der Waals surface area contributed by atoms with Gasteiger partial charge < -0.3 is 9.88 Å². The van der Waals surface area contributed by atoms with Crippen molar-refractivity contribution >= 4 is 10.9 Å². The van der Waals surface area contributed by atoms with Gasteiger partial charge in [0, 0.05) is 11.1 Å². The first kappa shape index (κ1) is 14.3. The molecule has 1 aliphatic heterocycles. The number of rotatable bonds is 2. The fourth-order valence-corrected chi connectivity index (χ4v) is 3.57. The third-order valence-corrected chi connectivity index (χ3v) is 5.04. The average molecular weight is 285 g/mol. The van der Waals surface area contributed by atoms with Gasteiger partial charge in [-0.15, -0.1) is 0 Å². The molecule has 112 valence electrons. The van der Waals surface area contributed by atoms with E-state index in [2.05, 4.69) is 24.9 Å². The summed E-state index contributed by atoms with van der Waals surface area (Å²) >= 11 is 0. The zero-order valence-corrected chi connectivity index (χ0v) is 13.3. The van der Waals surface area contributed by atoms with Crippen LogP contribution in [0.3, 0.4) is 0 Å². The second-order valence-corrected chi connectivity index (χ2v) is 6.54. The van der Waals surface area contributed by atoms with Gasteiger partial charge in [0.15, 0.2) is 5.43 Å². The van der Waals surface area contributed by atoms with E-state index in [1.165, 1.54) is 25.8 Å². The molecular weight excluding hydrogens is 260 g/mol. The molecule has 1 aliphatic rings. The summed E-state index contributed by atoms with van der Waals surface area (Å²) in [5, 5.41) is 0.833. The van der Waals surface area contributed by atoms with Gasteiger partial charge in [0.25, 0.3) is 0 Å². The van der Waals surface area contributed by atoms with E-state index in [1.54, 1.807) is 4.90 Å². The Kier molecular flexibility index (Phi) is 3.85. The highest BCUT2D eigenvalue weighted by Crippen LogP contribution is 2.15. The van der Waals surface area contributed by atoms with Crippen LogP contribution in [0.4, 0.5) is 0 Å². The van der Waals surface area contributed by atoms with Crippen molar-refractivity contribution < 1.29 is 4.90 Å². The molecule has 0 amide bonds.